The van der Waals surface area contributed by atoms with Crippen molar-refractivity contribution in [2.45, 2.75) is 45.6 Å². The highest BCUT2D eigenvalue weighted by Crippen LogP contribution is 2.36. The van der Waals surface area contributed by atoms with Crippen molar-refractivity contribution in [2.75, 3.05) is 36.7 Å². The Labute approximate surface area is 189 Å². The van der Waals surface area contributed by atoms with Crippen molar-refractivity contribution >= 4 is 22.6 Å². The van der Waals surface area contributed by atoms with Gasteiger partial charge in [0.2, 0.25) is 0 Å². The van der Waals surface area contributed by atoms with Gasteiger partial charge in [-0.05, 0) is 49.1 Å². The average Bonchev–Trinajstić information content (AvgIpc) is 2.82. The third-order valence-electron chi connectivity index (χ3n) is 6.41. The maximum absolute atomic E-state index is 13.0. The zero-order valence-corrected chi connectivity index (χ0v) is 19.8. The molecule has 1 aliphatic rings. The Balaban J connectivity index is 1.63. The molecule has 1 aliphatic heterocycles. The lowest BCUT2D eigenvalue weighted by Gasteiger charge is -2.47. The summed E-state index contributed by atoms with van der Waals surface area (Å²) >= 11 is 0. The molecule has 0 aromatic heterocycles. The number of rotatable bonds is 9. The maximum atomic E-state index is 13.0. The molecular formula is C25H35N3O2S. The first-order valence-corrected chi connectivity index (χ1v) is 12.7. The van der Waals surface area contributed by atoms with Crippen molar-refractivity contribution in [2.24, 2.45) is 0 Å². The Bertz CT molecular complexity index is 858. The smallest absolute Gasteiger partial charge is 0.253 e. The Morgan fingerprint density at radius 1 is 0.935 bits per heavy atom. The molecule has 1 amide bonds. The fourth-order valence-corrected chi connectivity index (χ4v) is 5.48. The molecule has 1 saturated heterocycles. The summed E-state index contributed by atoms with van der Waals surface area (Å²) in [5.74, 6) is 0.685. The fourth-order valence-electron chi connectivity index (χ4n) is 4.61. The third-order valence-corrected chi connectivity index (χ3v) is 7.65. The highest BCUT2D eigenvalue weighted by molar-refractivity contribution is 7.86. The second-order valence-electron chi connectivity index (χ2n) is 8.11. The van der Waals surface area contributed by atoms with Gasteiger partial charge in [-0.1, -0.05) is 51.1 Å². The number of benzene rings is 2. The number of piperazine rings is 1. The van der Waals surface area contributed by atoms with Crippen molar-refractivity contribution in [1.29, 1.82) is 0 Å². The van der Waals surface area contributed by atoms with Gasteiger partial charge in [0.05, 0.1) is 0 Å². The Hall–Kier alpha value is -2.18. The van der Waals surface area contributed by atoms with E-state index in [0.717, 1.165) is 51.1 Å². The molecule has 0 radical (unpaired) electrons. The van der Waals surface area contributed by atoms with Crippen LogP contribution in [-0.2, 0) is 16.5 Å². The van der Waals surface area contributed by atoms with E-state index in [1.54, 1.807) is 0 Å². The van der Waals surface area contributed by atoms with E-state index in [9.17, 15) is 9.00 Å². The molecule has 0 bridgehead atoms. The van der Waals surface area contributed by atoms with Crippen LogP contribution < -0.4 is 4.72 Å². The SMILES string of the molecule is CCCS(=O)Nc1ccc(C(=O)N2CCN(C(CC)(CC)c3ccccc3)CC2)cc1. The Morgan fingerprint density at radius 3 is 2.10 bits per heavy atom. The molecule has 2 aromatic rings. The maximum Gasteiger partial charge on any atom is 0.253 e. The van der Waals surface area contributed by atoms with Crippen LogP contribution in [0.15, 0.2) is 54.6 Å². The molecule has 1 N–H and O–H groups in total. The topological polar surface area (TPSA) is 52.7 Å². The van der Waals surface area contributed by atoms with Gasteiger partial charge in [-0.3, -0.25) is 9.69 Å². The van der Waals surface area contributed by atoms with Crippen LogP contribution in [0.25, 0.3) is 0 Å². The van der Waals surface area contributed by atoms with Gasteiger partial charge in [-0.25, -0.2) is 4.21 Å². The van der Waals surface area contributed by atoms with E-state index < -0.39 is 11.0 Å². The standard InChI is InChI=1S/C25H35N3O2S/c1-4-20-31(30)26-23-14-12-21(13-15-23)24(29)27-16-18-28(19-17-27)25(5-2,6-3)22-10-8-7-9-11-22/h7-15,26H,4-6,16-20H2,1-3H3. The minimum absolute atomic E-state index is 0.0256. The predicted octanol–water partition coefficient (Wildman–Crippen LogP) is 4.65. The van der Waals surface area contributed by atoms with Gasteiger partial charge in [0.1, 0.15) is 11.0 Å². The monoisotopic (exact) mass is 441 g/mol. The van der Waals surface area contributed by atoms with Gasteiger partial charge in [0.25, 0.3) is 5.91 Å². The lowest BCUT2D eigenvalue weighted by molar-refractivity contribution is 0.0210. The molecule has 1 fully saturated rings. The molecule has 1 unspecified atom stereocenters. The average molecular weight is 442 g/mol. The molecule has 168 valence electrons. The van der Waals surface area contributed by atoms with Crippen LogP contribution in [0.3, 0.4) is 0 Å². The molecule has 31 heavy (non-hydrogen) atoms. The zero-order chi connectivity index (χ0) is 22.3. The summed E-state index contributed by atoms with van der Waals surface area (Å²) in [6.07, 6.45) is 2.97. The number of hydrogen-bond donors (Lipinski definition) is 1. The Morgan fingerprint density at radius 2 is 1.55 bits per heavy atom. The summed E-state index contributed by atoms with van der Waals surface area (Å²) in [5, 5.41) is 0. The molecule has 0 spiro atoms. The van der Waals surface area contributed by atoms with E-state index >= 15 is 0 Å². The fraction of sp³-hybridized carbons (Fsp3) is 0.480. The number of carbonyl (C=O) groups is 1. The van der Waals surface area contributed by atoms with Crippen LogP contribution in [0.5, 0.6) is 0 Å². The van der Waals surface area contributed by atoms with Crippen molar-refractivity contribution < 1.29 is 9.00 Å². The van der Waals surface area contributed by atoms with Gasteiger partial charge in [0.15, 0.2) is 0 Å². The molecule has 2 aromatic carbocycles. The molecule has 5 nitrogen and oxygen atoms in total. The quantitative estimate of drug-likeness (QED) is 0.616. The van der Waals surface area contributed by atoms with Crippen LogP contribution in [-0.4, -0.2) is 51.8 Å². The lowest BCUT2D eigenvalue weighted by Crippen LogP contribution is -2.56. The normalized spacial score (nSPS) is 16.2. The van der Waals surface area contributed by atoms with Crippen LogP contribution in [0.1, 0.15) is 56.0 Å². The van der Waals surface area contributed by atoms with Crippen molar-refractivity contribution in [1.82, 2.24) is 9.80 Å². The van der Waals surface area contributed by atoms with Gasteiger partial charge in [0, 0.05) is 48.7 Å². The first-order valence-electron chi connectivity index (χ1n) is 11.4. The minimum atomic E-state index is -1.07. The highest BCUT2D eigenvalue weighted by atomic mass is 32.2. The minimum Gasteiger partial charge on any atom is -0.336 e. The van der Waals surface area contributed by atoms with Crippen LogP contribution in [0.2, 0.25) is 0 Å². The third kappa shape index (κ3) is 5.36. The molecule has 1 heterocycles. The van der Waals surface area contributed by atoms with Gasteiger partial charge in [-0.2, -0.15) is 0 Å². The van der Waals surface area contributed by atoms with Crippen molar-refractivity contribution in [3.05, 3.63) is 65.7 Å². The molecule has 1 atom stereocenters. The highest BCUT2D eigenvalue weighted by Gasteiger charge is 2.37. The van der Waals surface area contributed by atoms with Crippen molar-refractivity contribution in [3.63, 3.8) is 0 Å². The second kappa shape index (κ2) is 10.9. The molecule has 0 aliphatic carbocycles. The van der Waals surface area contributed by atoms with Crippen LogP contribution in [0, 0.1) is 0 Å². The lowest BCUT2D eigenvalue weighted by atomic mass is 9.82. The van der Waals surface area contributed by atoms with Crippen LogP contribution in [0.4, 0.5) is 5.69 Å². The number of amides is 1. The number of anilines is 1. The number of nitrogens with zero attached hydrogens (tertiary/aromatic N) is 2. The van der Waals surface area contributed by atoms with Gasteiger partial charge in [-0.15, -0.1) is 0 Å². The summed E-state index contributed by atoms with van der Waals surface area (Å²) in [6.45, 7) is 9.73. The van der Waals surface area contributed by atoms with E-state index in [1.807, 2.05) is 36.1 Å². The Kier molecular flexibility index (Phi) is 8.27. The first-order chi connectivity index (χ1) is 15.0. The van der Waals surface area contributed by atoms with E-state index in [4.69, 9.17) is 0 Å². The van der Waals surface area contributed by atoms with E-state index in [1.165, 1.54) is 5.56 Å². The summed E-state index contributed by atoms with van der Waals surface area (Å²) in [6, 6.07) is 18.1. The van der Waals surface area contributed by atoms with Gasteiger partial charge < -0.3 is 9.62 Å². The largest absolute Gasteiger partial charge is 0.336 e. The molecule has 0 saturated carbocycles. The number of hydrogen-bond acceptors (Lipinski definition) is 3. The summed E-state index contributed by atoms with van der Waals surface area (Å²) in [5.41, 5.74) is 2.85. The second-order valence-corrected chi connectivity index (χ2v) is 9.42. The van der Waals surface area contributed by atoms with Crippen molar-refractivity contribution in [3.8, 4) is 0 Å². The number of carbonyl (C=O) groups excluding carboxylic acids is 1. The van der Waals surface area contributed by atoms with Crippen LogP contribution >= 0.6 is 0 Å². The first kappa shape index (κ1) is 23.5. The number of nitrogens with one attached hydrogen (secondary N) is 1. The summed E-state index contributed by atoms with van der Waals surface area (Å²) in [7, 11) is -1.07. The summed E-state index contributed by atoms with van der Waals surface area (Å²) < 4.78 is 14.8. The van der Waals surface area contributed by atoms with E-state index in [-0.39, 0.29) is 11.4 Å². The summed E-state index contributed by atoms with van der Waals surface area (Å²) in [4.78, 5) is 17.5. The predicted molar refractivity (Wildman–Crippen MR) is 130 cm³/mol. The zero-order valence-electron chi connectivity index (χ0n) is 19.0. The van der Waals surface area contributed by atoms with Gasteiger partial charge >= 0.3 is 0 Å². The molecule has 6 heteroatoms. The molecule has 3 rings (SSSR count). The van der Waals surface area contributed by atoms with E-state index in [0.29, 0.717) is 11.3 Å². The van der Waals surface area contributed by atoms with E-state index in [2.05, 4.69) is 53.8 Å². The molecular weight excluding hydrogens is 406 g/mol.